The first-order valence-electron chi connectivity index (χ1n) is 7.35. The minimum atomic E-state index is -0.758. The number of benzene rings is 1. The molecule has 0 aliphatic heterocycles. The normalized spacial score (nSPS) is 22.8. The van der Waals surface area contributed by atoms with E-state index >= 15 is 0 Å². The van der Waals surface area contributed by atoms with Crippen molar-refractivity contribution in [3.63, 3.8) is 0 Å². The van der Waals surface area contributed by atoms with Crippen LogP contribution in [0.5, 0.6) is 0 Å². The third-order valence-corrected chi connectivity index (χ3v) is 4.01. The Bertz CT molecular complexity index is 584. The standard InChI is InChI=1S/C17H23NO4/c1-16(2,3)22-15(21)18-11-8-6-10(7-9-11)12-13(14(19)20)17(12,4)5/h6-9,12-13H,1-5H3,(H,18,21)(H,19,20)/t12-,13+/m0/s1. The van der Waals surface area contributed by atoms with Gasteiger partial charge in [0, 0.05) is 11.6 Å². The molecule has 1 aliphatic carbocycles. The van der Waals surface area contributed by atoms with Gasteiger partial charge in [-0.3, -0.25) is 10.1 Å². The Morgan fingerprint density at radius 1 is 1.18 bits per heavy atom. The Balaban J connectivity index is 2.03. The summed E-state index contributed by atoms with van der Waals surface area (Å²) in [6.07, 6.45) is -0.504. The zero-order chi connectivity index (χ0) is 16.7. The zero-order valence-electron chi connectivity index (χ0n) is 13.6. The molecule has 0 saturated heterocycles. The lowest BCUT2D eigenvalue weighted by Gasteiger charge is -2.19. The molecule has 5 heteroatoms. The fourth-order valence-electron chi connectivity index (χ4n) is 2.92. The maximum atomic E-state index is 11.7. The number of hydrogen-bond donors (Lipinski definition) is 2. The van der Waals surface area contributed by atoms with Gasteiger partial charge < -0.3 is 9.84 Å². The molecule has 1 saturated carbocycles. The Hall–Kier alpha value is -2.04. The van der Waals surface area contributed by atoms with Crippen LogP contribution in [0.1, 0.15) is 46.1 Å². The van der Waals surface area contributed by atoms with E-state index in [9.17, 15) is 14.7 Å². The van der Waals surface area contributed by atoms with Crippen molar-refractivity contribution >= 4 is 17.7 Å². The molecule has 1 aromatic rings. The molecule has 0 spiro atoms. The Kier molecular flexibility index (Phi) is 3.94. The summed E-state index contributed by atoms with van der Waals surface area (Å²) >= 11 is 0. The van der Waals surface area contributed by atoms with Crippen LogP contribution in [0.2, 0.25) is 0 Å². The minimum absolute atomic E-state index is 0.0144. The lowest BCUT2D eigenvalue weighted by molar-refractivity contribution is -0.139. The van der Waals surface area contributed by atoms with Crippen LogP contribution in [0.4, 0.5) is 10.5 Å². The summed E-state index contributed by atoms with van der Waals surface area (Å²) in [5, 5.41) is 11.9. The van der Waals surface area contributed by atoms with Gasteiger partial charge in [-0.1, -0.05) is 26.0 Å². The number of amides is 1. The van der Waals surface area contributed by atoms with E-state index in [1.807, 2.05) is 26.0 Å². The van der Waals surface area contributed by atoms with E-state index in [1.165, 1.54) is 0 Å². The molecule has 5 nitrogen and oxygen atoms in total. The van der Waals surface area contributed by atoms with Crippen molar-refractivity contribution in [1.29, 1.82) is 0 Å². The summed E-state index contributed by atoms with van der Waals surface area (Å²) in [6.45, 7) is 9.33. The molecule has 0 bridgehead atoms. The Labute approximate surface area is 130 Å². The number of carboxylic acids is 1. The SMILES string of the molecule is CC(C)(C)OC(=O)Nc1ccc([C@H]2[C@H](C(=O)O)C2(C)C)cc1. The third-order valence-electron chi connectivity index (χ3n) is 4.01. The largest absolute Gasteiger partial charge is 0.481 e. The predicted molar refractivity (Wildman–Crippen MR) is 83.9 cm³/mol. The van der Waals surface area contributed by atoms with Gasteiger partial charge in [0.2, 0.25) is 0 Å². The van der Waals surface area contributed by atoms with Crippen LogP contribution in [0, 0.1) is 11.3 Å². The number of carbonyl (C=O) groups is 2. The number of ether oxygens (including phenoxy) is 1. The summed E-state index contributed by atoms with van der Waals surface area (Å²) in [4.78, 5) is 22.9. The van der Waals surface area contributed by atoms with Gasteiger partial charge in [-0.05, 0) is 43.9 Å². The number of carbonyl (C=O) groups excluding carboxylic acids is 1. The van der Waals surface area contributed by atoms with Crippen molar-refractivity contribution in [3.05, 3.63) is 29.8 Å². The van der Waals surface area contributed by atoms with Crippen LogP contribution in [-0.4, -0.2) is 22.8 Å². The molecule has 0 unspecified atom stereocenters. The Morgan fingerprint density at radius 2 is 1.73 bits per heavy atom. The molecule has 1 aliphatic rings. The molecule has 1 fully saturated rings. The van der Waals surface area contributed by atoms with E-state index in [0.29, 0.717) is 5.69 Å². The molecule has 0 radical (unpaired) electrons. The van der Waals surface area contributed by atoms with Gasteiger partial charge in [-0.2, -0.15) is 0 Å². The summed E-state index contributed by atoms with van der Waals surface area (Å²) in [7, 11) is 0. The smallest absolute Gasteiger partial charge is 0.412 e. The van der Waals surface area contributed by atoms with Crippen molar-refractivity contribution in [3.8, 4) is 0 Å². The first-order valence-corrected chi connectivity index (χ1v) is 7.35. The topological polar surface area (TPSA) is 75.6 Å². The van der Waals surface area contributed by atoms with E-state index in [0.717, 1.165) is 5.56 Å². The van der Waals surface area contributed by atoms with Crippen molar-refractivity contribution in [2.24, 2.45) is 11.3 Å². The molecular formula is C17H23NO4. The number of aliphatic carboxylic acids is 1. The van der Waals surface area contributed by atoms with Crippen LogP contribution in [0.3, 0.4) is 0 Å². The minimum Gasteiger partial charge on any atom is -0.481 e. The second kappa shape index (κ2) is 5.30. The highest BCUT2D eigenvalue weighted by molar-refractivity contribution is 5.85. The van der Waals surface area contributed by atoms with Crippen LogP contribution in [0.15, 0.2) is 24.3 Å². The summed E-state index contributed by atoms with van der Waals surface area (Å²) < 4.78 is 5.19. The van der Waals surface area contributed by atoms with E-state index in [1.54, 1.807) is 32.9 Å². The van der Waals surface area contributed by atoms with E-state index < -0.39 is 17.7 Å². The number of rotatable bonds is 3. The Morgan fingerprint density at radius 3 is 2.14 bits per heavy atom. The van der Waals surface area contributed by atoms with Gasteiger partial charge in [0.1, 0.15) is 5.60 Å². The van der Waals surface area contributed by atoms with Crippen molar-refractivity contribution in [2.75, 3.05) is 5.32 Å². The molecule has 1 amide bonds. The first-order chi connectivity index (χ1) is 10.0. The fraction of sp³-hybridized carbons (Fsp3) is 0.529. The van der Waals surface area contributed by atoms with Crippen LogP contribution < -0.4 is 5.32 Å². The molecule has 120 valence electrons. The van der Waals surface area contributed by atoms with Crippen molar-refractivity contribution in [1.82, 2.24) is 0 Å². The molecule has 1 aromatic carbocycles. The van der Waals surface area contributed by atoms with Crippen LogP contribution >= 0.6 is 0 Å². The first kappa shape index (κ1) is 16.3. The van der Waals surface area contributed by atoms with Crippen molar-refractivity contribution < 1.29 is 19.4 Å². The monoisotopic (exact) mass is 305 g/mol. The lowest BCUT2D eigenvalue weighted by Crippen LogP contribution is -2.27. The van der Waals surface area contributed by atoms with Crippen molar-refractivity contribution in [2.45, 2.75) is 46.1 Å². The molecule has 0 heterocycles. The highest BCUT2D eigenvalue weighted by Crippen LogP contribution is 2.64. The van der Waals surface area contributed by atoms with Gasteiger partial charge >= 0.3 is 12.1 Å². The van der Waals surface area contributed by atoms with Gasteiger partial charge in [-0.15, -0.1) is 0 Å². The molecule has 2 N–H and O–H groups in total. The number of hydrogen-bond acceptors (Lipinski definition) is 3. The van der Waals surface area contributed by atoms with Gasteiger partial charge in [0.05, 0.1) is 5.92 Å². The maximum Gasteiger partial charge on any atom is 0.412 e. The molecular weight excluding hydrogens is 282 g/mol. The molecule has 22 heavy (non-hydrogen) atoms. The number of carboxylic acid groups (broad SMARTS) is 1. The van der Waals surface area contributed by atoms with Gasteiger partial charge in [0.25, 0.3) is 0 Å². The second-order valence-electron chi connectivity index (χ2n) is 7.36. The summed E-state index contributed by atoms with van der Waals surface area (Å²) in [6, 6.07) is 7.27. The maximum absolute atomic E-state index is 11.7. The highest BCUT2D eigenvalue weighted by Gasteiger charge is 2.62. The quantitative estimate of drug-likeness (QED) is 0.889. The third kappa shape index (κ3) is 3.40. The number of anilines is 1. The zero-order valence-corrected chi connectivity index (χ0v) is 13.6. The number of nitrogens with one attached hydrogen (secondary N) is 1. The lowest BCUT2D eigenvalue weighted by atomic mass is 10.0. The molecule has 2 atom stereocenters. The average molecular weight is 305 g/mol. The van der Waals surface area contributed by atoms with Gasteiger partial charge in [-0.25, -0.2) is 4.79 Å². The summed E-state index contributed by atoms with van der Waals surface area (Å²) in [5.74, 6) is -1.09. The molecule has 2 rings (SSSR count). The predicted octanol–water partition coefficient (Wildman–Crippen LogP) is 3.86. The second-order valence-corrected chi connectivity index (χ2v) is 7.36. The van der Waals surface area contributed by atoms with E-state index in [-0.39, 0.29) is 17.3 Å². The van der Waals surface area contributed by atoms with Crippen LogP contribution in [-0.2, 0) is 9.53 Å². The van der Waals surface area contributed by atoms with Gasteiger partial charge in [0.15, 0.2) is 0 Å². The molecule has 0 aromatic heterocycles. The van der Waals surface area contributed by atoms with Crippen LogP contribution in [0.25, 0.3) is 0 Å². The summed E-state index contributed by atoms with van der Waals surface area (Å²) in [5.41, 5.74) is 0.832. The van der Waals surface area contributed by atoms with E-state index in [4.69, 9.17) is 4.74 Å². The fourth-order valence-corrected chi connectivity index (χ4v) is 2.92. The highest BCUT2D eigenvalue weighted by atomic mass is 16.6. The average Bonchev–Trinajstić information content (AvgIpc) is 2.91. The van der Waals surface area contributed by atoms with E-state index in [2.05, 4.69) is 5.32 Å².